The van der Waals surface area contributed by atoms with E-state index in [2.05, 4.69) is 10.2 Å². The number of anilines is 1. The number of nitrogens with zero attached hydrogens (tertiary/aromatic N) is 3. The predicted octanol–water partition coefficient (Wildman–Crippen LogP) is 2.10. The molecule has 0 fully saturated rings. The van der Waals surface area contributed by atoms with Crippen molar-refractivity contribution in [2.75, 3.05) is 11.5 Å². The van der Waals surface area contributed by atoms with E-state index >= 15 is 0 Å². The molecule has 1 rings (SSSR count). The smallest absolute Gasteiger partial charge is 0.368 e. The van der Waals surface area contributed by atoms with Gasteiger partial charge in [0.2, 0.25) is 5.95 Å². The lowest BCUT2D eigenvalue weighted by atomic mass is 10.4. The Hall–Kier alpha value is -0.920. The molecule has 1 aromatic rings. The van der Waals surface area contributed by atoms with E-state index in [1.165, 1.54) is 4.57 Å². The Morgan fingerprint density at radius 1 is 1.40 bits per heavy atom. The Kier molecular flexibility index (Phi) is 3.48. The summed E-state index contributed by atoms with van der Waals surface area (Å²) in [5.74, 6) is -0.854. The van der Waals surface area contributed by atoms with E-state index in [4.69, 9.17) is 5.73 Å². The molecule has 0 radical (unpaired) electrons. The zero-order valence-electron chi connectivity index (χ0n) is 8.25. The second kappa shape index (κ2) is 4.30. The minimum absolute atomic E-state index is 0.0595. The molecule has 15 heavy (non-hydrogen) atoms. The topological polar surface area (TPSA) is 56.7 Å². The molecule has 0 aliphatic rings. The van der Waals surface area contributed by atoms with Gasteiger partial charge in [0.15, 0.2) is 5.16 Å². The Bertz CT molecular complexity index is 333. The van der Waals surface area contributed by atoms with Gasteiger partial charge < -0.3 is 5.73 Å². The van der Waals surface area contributed by atoms with E-state index in [-0.39, 0.29) is 17.1 Å². The minimum atomic E-state index is -4.22. The van der Waals surface area contributed by atoms with Crippen molar-refractivity contribution < 1.29 is 13.2 Å². The Labute approximate surface area is 89.0 Å². The van der Waals surface area contributed by atoms with Crippen LogP contribution in [0.2, 0.25) is 0 Å². The molecule has 0 aliphatic heterocycles. The van der Waals surface area contributed by atoms with Gasteiger partial charge in [0.1, 0.15) is 0 Å². The van der Waals surface area contributed by atoms with Crippen LogP contribution in [0.25, 0.3) is 0 Å². The maximum Gasteiger partial charge on any atom is 0.398 e. The molecule has 0 aromatic carbocycles. The number of halogens is 3. The second-order valence-corrected chi connectivity index (χ2v) is 4.15. The summed E-state index contributed by atoms with van der Waals surface area (Å²) in [6.45, 7) is 3.61. The van der Waals surface area contributed by atoms with Crippen molar-refractivity contribution in [3.63, 3.8) is 0 Å². The highest BCUT2D eigenvalue weighted by Crippen LogP contribution is 2.28. The summed E-state index contributed by atoms with van der Waals surface area (Å²) in [6.07, 6.45) is -4.22. The first-order valence-electron chi connectivity index (χ1n) is 4.21. The van der Waals surface area contributed by atoms with Crippen LogP contribution < -0.4 is 5.73 Å². The van der Waals surface area contributed by atoms with Gasteiger partial charge in [0, 0.05) is 6.04 Å². The maximum atomic E-state index is 12.0. The van der Waals surface area contributed by atoms with Gasteiger partial charge in [0.25, 0.3) is 0 Å². The first-order chi connectivity index (χ1) is 6.81. The molecule has 0 saturated heterocycles. The number of nitrogen functional groups attached to an aromatic ring is 1. The summed E-state index contributed by atoms with van der Waals surface area (Å²) >= 11 is 0.587. The molecule has 4 nitrogen and oxygen atoms in total. The van der Waals surface area contributed by atoms with Gasteiger partial charge in [-0.05, 0) is 13.8 Å². The lowest BCUT2D eigenvalue weighted by molar-refractivity contribution is -0.105. The first-order valence-corrected chi connectivity index (χ1v) is 5.19. The average Bonchev–Trinajstić information content (AvgIpc) is 2.42. The lowest BCUT2D eigenvalue weighted by Gasteiger charge is -2.11. The molecule has 0 bridgehead atoms. The number of aromatic nitrogens is 3. The molecular weight excluding hydrogens is 229 g/mol. The molecule has 0 amide bonds. The number of rotatable bonds is 3. The summed E-state index contributed by atoms with van der Waals surface area (Å²) in [5.41, 5.74) is 5.48. The summed E-state index contributed by atoms with van der Waals surface area (Å²) < 4.78 is 37.4. The molecule has 1 aromatic heterocycles. The fourth-order valence-electron chi connectivity index (χ4n) is 1.02. The molecule has 0 unspecified atom stereocenters. The maximum absolute atomic E-state index is 12.0. The molecule has 0 spiro atoms. The fourth-order valence-corrected chi connectivity index (χ4v) is 1.85. The van der Waals surface area contributed by atoms with Gasteiger partial charge in [-0.2, -0.15) is 13.2 Å². The number of hydrogen-bond acceptors (Lipinski definition) is 4. The monoisotopic (exact) mass is 240 g/mol. The van der Waals surface area contributed by atoms with Crippen molar-refractivity contribution >= 4 is 17.7 Å². The quantitative estimate of drug-likeness (QED) is 0.822. The Morgan fingerprint density at radius 3 is 2.47 bits per heavy atom. The zero-order chi connectivity index (χ0) is 11.6. The average molecular weight is 240 g/mol. The number of thioether (sulfide) groups is 1. The van der Waals surface area contributed by atoms with Crippen LogP contribution in [0.4, 0.5) is 19.1 Å². The van der Waals surface area contributed by atoms with Crippen molar-refractivity contribution in [3.05, 3.63) is 0 Å². The molecule has 0 saturated carbocycles. The molecule has 8 heteroatoms. The highest BCUT2D eigenvalue weighted by Gasteiger charge is 2.29. The van der Waals surface area contributed by atoms with Crippen LogP contribution in [-0.4, -0.2) is 26.7 Å². The second-order valence-electron chi connectivity index (χ2n) is 3.21. The summed E-state index contributed by atoms with van der Waals surface area (Å²) in [7, 11) is 0. The highest BCUT2D eigenvalue weighted by molar-refractivity contribution is 7.99. The van der Waals surface area contributed by atoms with Crippen molar-refractivity contribution in [2.45, 2.75) is 31.2 Å². The molecular formula is C7H11F3N4S. The first kappa shape index (κ1) is 12.2. The number of nitrogens with two attached hydrogens (primary N) is 1. The molecule has 0 aliphatic carbocycles. The highest BCUT2D eigenvalue weighted by atomic mass is 32.2. The van der Waals surface area contributed by atoms with Crippen LogP contribution in [0.15, 0.2) is 5.16 Å². The predicted molar refractivity (Wildman–Crippen MR) is 51.6 cm³/mol. The molecule has 0 atom stereocenters. The number of alkyl halides is 3. The van der Waals surface area contributed by atoms with Crippen LogP contribution >= 0.6 is 11.8 Å². The van der Waals surface area contributed by atoms with E-state index in [1.807, 2.05) is 0 Å². The van der Waals surface area contributed by atoms with Crippen LogP contribution in [0.1, 0.15) is 19.9 Å². The van der Waals surface area contributed by atoms with E-state index in [9.17, 15) is 13.2 Å². The van der Waals surface area contributed by atoms with Gasteiger partial charge in [-0.1, -0.05) is 11.8 Å². The summed E-state index contributed by atoms with van der Waals surface area (Å²) in [6, 6.07) is -0.0595. The largest absolute Gasteiger partial charge is 0.398 e. The van der Waals surface area contributed by atoms with E-state index in [0.29, 0.717) is 11.8 Å². The van der Waals surface area contributed by atoms with Crippen molar-refractivity contribution in [2.24, 2.45) is 0 Å². The summed E-state index contributed by atoms with van der Waals surface area (Å²) in [5, 5.41) is 7.33. The van der Waals surface area contributed by atoms with Crippen LogP contribution in [0.3, 0.4) is 0 Å². The van der Waals surface area contributed by atoms with Crippen molar-refractivity contribution in [1.82, 2.24) is 14.8 Å². The minimum Gasteiger partial charge on any atom is -0.368 e. The molecule has 2 N–H and O–H groups in total. The fraction of sp³-hybridized carbons (Fsp3) is 0.714. The normalized spacial score (nSPS) is 12.4. The van der Waals surface area contributed by atoms with E-state index < -0.39 is 11.9 Å². The van der Waals surface area contributed by atoms with Crippen molar-refractivity contribution in [3.8, 4) is 0 Å². The van der Waals surface area contributed by atoms with E-state index in [1.54, 1.807) is 13.8 Å². The standard InChI is InChI=1S/C7H11F3N4S/c1-4(2)14-5(11)12-13-6(14)15-3-7(8,9)10/h4H,3H2,1-2H3,(H2,11,12). The van der Waals surface area contributed by atoms with Crippen LogP contribution in [0, 0.1) is 0 Å². The SMILES string of the molecule is CC(C)n1c(N)nnc1SCC(F)(F)F. The third-order valence-corrected chi connectivity index (χ3v) is 2.58. The van der Waals surface area contributed by atoms with Gasteiger partial charge >= 0.3 is 6.18 Å². The van der Waals surface area contributed by atoms with E-state index in [0.717, 1.165) is 0 Å². The van der Waals surface area contributed by atoms with Crippen LogP contribution in [0.5, 0.6) is 0 Å². The van der Waals surface area contributed by atoms with Gasteiger partial charge in [-0.25, -0.2) is 0 Å². The van der Waals surface area contributed by atoms with Gasteiger partial charge in [-0.15, -0.1) is 10.2 Å². The third-order valence-electron chi connectivity index (χ3n) is 1.57. The van der Waals surface area contributed by atoms with Crippen molar-refractivity contribution in [1.29, 1.82) is 0 Å². The number of hydrogen-bond donors (Lipinski definition) is 1. The lowest BCUT2D eigenvalue weighted by Crippen LogP contribution is -2.13. The van der Waals surface area contributed by atoms with Gasteiger partial charge in [0.05, 0.1) is 5.75 Å². The zero-order valence-corrected chi connectivity index (χ0v) is 9.06. The third kappa shape index (κ3) is 3.29. The molecule has 86 valence electrons. The summed E-state index contributed by atoms with van der Waals surface area (Å²) in [4.78, 5) is 0. The Morgan fingerprint density at radius 2 is 2.00 bits per heavy atom. The van der Waals surface area contributed by atoms with Gasteiger partial charge in [-0.3, -0.25) is 4.57 Å². The van der Waals surface area contributed by atoms with Crippen LogP contribution in [-0.2, 0) is 0 Å². The molecule has 1 heterocycles. The Balaban J connectivity index is 2.78.